The third kappa shape index (κ3) is 2.49. The summed E-state index contributed by atoms with van der Waals surface area (Å²) in [5.41, 5.74) is 1.74. The highest BCUT2D eigenvalue weighted by molar-refractivity contribution is 7.22. The van der Waals surface area contributed by atoms with Crippen LogP contribution in [0.1, 0.15) is 12.8 Å². The van der Waals surface area contributed by atoms with Crippen molar-refractivity contribution in [2.75, 3.05) is 4.90 Å². The van der Waals surface area contributed by atoms with E-state index in [0.29, 0.717) is 5.02 Å². The summed E-state index contributed by atoms with van der Waals surface area (Å²) in [5, 5.41) is 1.38. The lowest BCUT2D eigenvalue weighted by atomic mass is 10.2. The molecule has 3 aromatic rings. The van der Waals surface area contributed by atoms with Gasteiger partial charge in [0.15, 0.2) is 5.13 Å². The number of hydrogen-bond acceptors (Lipinski definition) is 3. The number of fused-ring (bicyclic) bond motifs is 1. The van der Waals surface area contributed by atoms with Gasteiger partial charge in [-0.05, 0) is 49.2 Å². The number of thiazole rings is 1. The van der Waals surface area contributed by atoms with E-state index in [2.05, 4.69) is 4.98 Å². The monoisotopic (exact) mass is 328 g/mol. The van der Waals surface area contributed by atoms with E-state index < -0.39 is 0 Å². The number of carbonyl (C=O) groups is 1. The van der Waals surface area contributed by atoms with E-state index in [9.17, 15) is 4.79 Å². The van der Waals surface area contributed by atoms with Gasteiger partial charge in [-0.2, -0.15) is 0 Å². The zero-order valence-corrected chi connectivity index (χ0v) is 13.3. The summed E-state index contributed by atoms with van der Waals surface area (Å²) in [6.07, 6.45) is 1.93. The smallest absolute Gasteiger partial charge is 0.236 e. The molecule has 0 N–H and O–H groups in total. The van der Waals surface area contributed by atoms with Crippen molar-refractivity contribution in [2.45, 2.75) is 12.8 Å². The molecule has 1 aliphatic rings. The van der Waals surface area contributed by atoms with Crippen molar-refractivity contribution in [3.63, 3.8) is 0 Å². The second-order valence-corrected chi connectivity index (χ2v) is 6.83. The summed E-state index contributed by atoms with van der Waals surface area (Å²) >= 11 is 7.50. The molecule has 1 saturated carbocycles. The van der Waals surface area contributed by atoms with Crippen LogP contribution in [0.25, 0.3) is 10.2 Å². The Hall–Kier alpha value is -1.91. The van der Waals surface area contributed by atoms with Gasteiger partial charge in [0, 0.05) is 10.9 Å². The van der Waals surface area contributed by atoms with Gasteiger partial charge in [0.1, 0.15) is 0 Å². The first-order valence-electron chi connectivity index (χ1n) is 7.17. The standard InChI is InChI=1S/C17H13ClN2OS/c18-12-7-9-13(10-8-12)20(16(21)11-5-6-11)17-19-14-3-1-2-4-15(14)22-17/h1-4,7-11H,5-6H2. The average molecular weight is 329 g/mol. The number of amides is 1. The molecule has 3 nitrogen and oxygen atoms in total. The van der Waals surface area contributed by atoms with E-state index in [-0.39, 0.29) is 11.8 Å². The summed E-state index contributed by atoms with van der Waals surface area (Å²) < 4.78 is 1.08. The van der Waals surface area contributed by atoms with Gasteiger partial charge in [0.05, 0.1) is 15.9 Å². The molecule has 1 aliphatic carbocycles. The third-order valence-corrected chi connectivity index (χ3v) is 4.98. The molecule has 22 heavy (non-hydrogen) atoms. The quantitative estimate of drug-likeness (QED) is 0.676. The Morgan fingerprint density at radius 1 is 1.14 bits per heavy atom. The molecule has 1 fully saturated rings. The van der Waals surface area contributed by atoms with Crippen molar-refractivity contribution in [1.29, 1.82) is 0 Å². The summed E-state index contributed by atoms with van der Waals surface area (Å²) in [7, 11) is 0. The first-order chi connectivity index (χ1) is 10.7. The number of anilines is 2. The lowest BCUT2D eigenvalue weighted by Gasteiger charge is -2.19. The lowest BCUT2D eigenvalue weighted by molar-refractivity contribution is -0.119. The van der Waals surface area contributed by atoms with Gasteiger partial charge in [0.25, 0.3) is 0 Å². The average Bonchev–Trinajstić information content (AvgIpc) is 3.29. The number of hydrogen-bond donors (Lipinski definition) is 0. The normalized spacial score (nSPS) is 14.2. The lowest BCUT2D eigenvalue weighted by Crippen LogP contribution is -2.27. The Morgan fingerprint density at radius 2 is 1.86 bits per heavy atom. The van der Waals surface area contributed by atoms with Crippen molar-refractivity contribution >= 4 is 49.9 Å². The van der Waals surface area contributed by atoms with Crippen LogP contribution in [-0.2, 0) is 4.79 Å². The van der Waals surface area contributed by atoms with Crippen LogP contribution >= 0.6 is 22.9 Å². The van der Waals surface area contributed by atoms with E-state index >= 15 is 0 Å². The molecule has 0 spiro atoms. The highest BCUT2D eigenvalue weighted by atomic mass is 35.5. The molecule has 1 heterocycles. The van der Waals surface area contributed by atoms with Crippen molar-refractivity contribution in [3.05, 3.63) is 53.6 Å². The number of carbonyl (C=O) groups excluding carboxylic acids is 1. The first kappa shape index (κ1) is 13.7. The number of aromatic nitrogens is 1. The van der Waals surface area contributed by atoms with Crippen molar-refractivity contribution in [2.24, 2.45) is 5.92 Å². The van der Waals surface area contributed by atoms with Gasteiger partial charge < -0.3 is 0 Å². The van der Waals surface area contributed by atoms with E-state index in [4.69, 9.17) is 11.6 Å². The van der Waals surface area contributed by atoms with E-state index in [0.717, 1.165) is 33.9 Å². The fourth-order valence-electron chi connectivity index (χ4n) is 2.39. The molecule has 0 radical (unpaired) electrons. The van der Waals surface area contributed by atoms with Crippen molar-refractivity contribution in [1.82, 2.24) is 4.98 Å². The van der Waals surface area contributed by atoms with Gasteiger partial charge >= 0.3 is 0 Å². The van der Waals surface area contributed by atoms with E-state index in [1.165, 1.54) is 11.3 Å². The van der Waals surface area contributed by atoms with Gasteiger partial charge in [-0.25, -0.2) is 4.98 Å². The van der Waals surface area contributed by atoms with Gasteiger partial charge in [0.2, 0.25) is 5.91 Å². The summed E-state index contributed by atoms with van der Waals surface area (Å²) in [5.74, 6) is 0.254. The topological polar surface area (TPSA) is 33.2 Å². The molecular weight excluding hydrogens is 316 g/mol. The second-order valence-electron chi connectivity index (χ2n) is 5.39. The zero-order valence-electron chi connectivity index (χ0n) is 11.7. The Bertz CT molecular complexity index is 806. The van der Waals surface area contributed by atoms with Crippen LogP contribution < -0.4 is 4.90 Å². The molecule has 4 rings (SSSR count). The maximum Gasteiger partial charge on any atom is 0.236 e. The van der Waals surface area contributed by atoms with Crippen LogP contribution in [0.5, 0.6) is 0 Å². The van der Waals surface area contributed by atoms with Crippen LogP contribution in [0.15, 0.2) is 48.5 Å². The molecular formula is C17H13ClN2OS. The van der Waals surface area contributed by atoms with Gasteiger partial charge in [-0.3, -0.25) is 9.69 Å². The molecule has 1 amide bonds. The van der Waals surface area contributed by atoms with Crippen LogP contribution in [0.3, 0.4) is 0 Å². The molecule has 0 aliphatic heterocycles. The maximum atomic E-state index is 12.7. The fraction of sp³-hybridized carbons (Fsp3) is 0.176. The maximum absolute atomic E-state index is 12.7. The fourth-order valence-corrected chi connectivity index (χ4v) is 3.51. The molecule has 2 aromatic carbocycles. The zero-order chi connectivity index (χ0) is 15.1. The van der Waals surface area contributed by atoms with Crippen molar-refractivity contribution < 1.29 is 4.79 Å². The minimum atomic E-state index is 0.126. The SMILES string of the molecule is O=C(C1CC1)N(c1ccc(Cl)cc1)c1nc2ccccc2s1. The minimum Gasteiger partial charge on any atom is -0.274 e. The molecule has 5 heteroatoms. The molecule has 1 aromatic heterocycles. The van der Waals surface area contributed by atoms with Crippen LogP contribution in [-0.4, -0.2) is 10.9 Å². The number of nitrogens with zero attached hydrogens (tertiary/aromatic N) is 2. The van der Waals surface area contributed by atoms with E-state index in [1.807, 2.05) is 36.4 Å². The molecule has 0 saturated heterocycles. The Kier molecular flexibility index (Phi) is 3.36. The van der Waals surface area contributed by atoms with Crippen molar-refractivity contribution in [3.8, 4) is 0 Å². The van der Waals surface area contributed by atoms with Gasteiger partial charge in [-0.1, -0.05) is 35.1 Å². The van der Waals surface area contributed by atoms with Crippen LogP contribution in [0.2, 0.25) is 5.02 Å². The largest absolute Gasteiger partial charge is 0.274 e. The van der Waals surface area contributed by atoms with Crippen LogP contribution in [0, 0.1) is 5.92 Å². The first-order valence-corrected chi connectivity index (χ1v) is 8.37. The molecule has 0 unspecified atom stereocenters. The Labute approximate surface area is 137 Å². The Balaban J connectivity index is 1.82. The molecule has 110 valence electrons. The Morgan fingerprint density at radius 3 is 2.55 bits per heavy atom. The molecule has 0 atom stereocenters. The summed E-state index contributed by atoms with van der Waals surface area (Å²) in [6, 6.07) is 15.3. The number of rotatable bonds is 3. The second kappa shape index (κ2) is 5.38. The summed E-state index contributed by atoms with van der Waals surface area (Å²) in [4.78, 5) is 19.1. The predicted molar refractivity (Wildman–Crippen MR) is 90.9 cm³/mol. The third-order valence-electron chi connectivity index (χ3n) is 3.71. The van der Waals surface area contributed by atoms with Gasteiger partial charge in [-0.15, -0.1) is 0 Å². The summed E-state index contributed by atoms with van der Waals surface area (Å²) in [6.45, 7) is 0. The number of benzene rings is 2. The minimum absolute atomic E-state index is 0.126. The predicted octanol–water partition coefficient (Wildman–Crippen LogP) is 5.02. The van der Waals surface area contributed by atoms with Crippen LogP contribution in [0.4, 0.5) is 10.8 Å². The highest BCUT2D eigenvalue weighted by Crippen LogP contribution is 2.39. The van der Waals surface area contributed by atoms with E-state index in [1.54, 1.807) is 17.0 Å². The number of para-hydroxylation sites is 1. The number of halogens is 1. The molecule has 0 bridgehead atoms. The highest BCUT2D eigenvalue weighted by Gasteiger charge is 2.36.